The fourth-order valence-electron chi connectivity index (χ4n) is 1.26. The number of nitro groups is 1. The molecule has 2 rings (SSSR count). The Bertz CT molecular complexity index is 777. The average molecular weight is 399 g/mol. The minimum absolute atomic E-state index is 0.0259. The van der Waals surface area contributed by atoms with E-state index in [2.05, 4.69) is 25.6 Å². The van der Waals surface area contributed by atoms with Crippen LogP contribution in [-0.4, -0.2) is 18.3 Å². The first kappa shape index (κ1) is 15.2. The van der Waals surface area contributed by atoms with Gasteiger partial charge in [0.25, 0.3) is 10.0 Å². The van der Waals surface area contributed by atoms with Crippen molar-refractivity contribution in [3.05, 3.63) is 44.0 Å². The maximum Gasteiger partial charge on any atom is 0.345 e. The van der Waals surface area contributed by atoms with Crippen LogP contribution in [0.2, 0.25) is 5.02 Å². The van der Waals surface area contributed by atoms with Crippen LogP contribution in [0.4, 0.5) is 10.1 Å². The fourth-order valence-corrected chi connectivity index (χ4v) is 4.17. The third-order valence-electron chi connectivity index (χ3n) is 2.08. The number of anilines is 1. The molecule has 1 aromatic heterocycles. The number of sulfonamides is 1. The lowest BCUT2D eigenvalue weighted by Crippen LogP contribution is -2.13. The number of nitrogens with zero attached hydrogens (tertiary/aromatic N) is 2. The highest BCUT2D eigenvalue weighted by molar-refractivity contribution is 9.10. The zero-order valence-electron chi connectivity index (χ0n) is 9.41. The van der Waals surface area contributed by atoms with Gasteiger partial charge >= 0.3 is 5.00 Å². The minimum atomic E-state index is -3.95. The lowest BCUT2D eigenvalue weighted by Gasteiger charge is -2.06. The summed E-state index contributed by atoms with van der Waals surface area (Å²) in [6, 6.07) is 4.27. The standard InChI is InChI=1S/C9H5BrClN3O4S2/c10-5-1-2-7(6(11)3-5)20(17,18)13-9-12-4-8(19-9)14(15)16/h1-4H,(H,12,13). The van der Waals surface area contributed by atoms with Gasteiger partial charge in [0, 0.05) is 4.47 Å². The molecule has 0 aliphatic heterocycles. The molecule has 11 heteroatoms. The summed E-state index contributed by atoms with van der Waals surface area (Å²) in [7, 11) is -3.95. The van der Waals surface area contributed by atoms with Crippen LogP contribution in [0.25, 0.3) is 0 Å². The topological polar surface area (TPSA) is 102 Å². The predicted molar refractivity (Wildman–Crippen MR) is 78.7 cm³/mol. The summed E-state index contributed by atoms with van der Waals surface area (Å²) in [5.41, 5.74) is 0. The first-order valence-corrected chi connectivity index (χ1v) is 8.35. The lowest BCUT2D eigenvalue weighted by atomic mass is 10.4. The molecule has 0 fully saturated rings. The summed E-state index contributed by atoms with van der Waals surface area (Å²) in [6.45, 7) is 0. The molecule has 0 aliphatic carbocycles. The Morgan fingerprint density at radius 1 is 1.45 bits per heavy atom. The normalized spacial score (nSPS) is 11.3. The number of thiazole rings is 1. The van der Waals surface area contributed by atoms with Crippen molar-refractivity contribution >= 4 is 59.0 Å². The van der Waals surface area contributed by atoms with E-state index in [1.165, 1.54) is 18.2 Å². The van der Waals surface area contributed by atoms with Crippen LogP contribution in [0.1, 0.15) is 0 Å². The van der Waals surface area contributed by atoms with Crippen molar-refractivity contribution < 1.29 is 13.3 Å². The number of rotatable bonds is 4. The molecule has 0 atom stereocenters. The maximum absolute atomic E-state index is 12.1. The molecule has 1 N–H and O–H groups in total. The van der Waals surface area contributed by atoms with E-state index in [9.17, 15) is 18.5 Å². The molecule has 20 heavy (non-hydrogen) atoms. The molecule has 0 unspecified atom stereocenters. The molecule has 0 spiro atoms. The van der Waals surface area contributed by atoms with Crippen LogP contribution >= 0.6 is 38.9 Å². The zero-order chi connectivity index (χ0) is 14.9. The van der Waals surface area contributed by atoms with Gasteiger partial charge in [-0.05, 0) is 29.5 Å². The number of nitrogens with one attached hydrogen (secondary N) is 1. The molecule has 106 valence electrons. The number of benzene rings is 1. The van der Waals surface area contributed by atoms with E-state index in [0.29, 0.717) is 15.8 Å². The highest BCUT2D eigenvalue weighted by Gasteiger charge is 2.21. The Morgan fingerprint density at radius 2 is 2.15 bits per heavy atom. The molecule has 0 saturated heterocycles. The molecular weight excluding hydrogens is 394 g/mol. The molecule has 7 nitrogen and oxygen atoms in total. The van der Waals surface area contributed by atoms with Crippen molar-refractivity contribution in [2.24, 2.45) is 0 Å². The van der Waals surface area contributed by atoms with Crippen LogP contribution in [0.15, 0.2) is 33.8 Å². The second-order valence-corrected chi connectivity index (χ2v) is 7.42. The molecule has 0 radical (unpaired) electrons. The number of aromatic nitrogens is 1. The molecule has 0 aliphatic rings. The van der Waals surface area contributed by atoms with Gasteiger partial charge < -0.3 is 0 Å². The average Bonchev–Trinajstić information content (AvgIpc) is 2.76. The Labute approximate surface area is 130 Å². The molecular formula is C9H5BrClN3O4S2. The molecule has 1 heterocycles. The Balaban J connectivity index is 2.33. The highest BCUT2D eigenvalue weighted by Crippen LogP contribution is 2.30. The predicted octanol–water partition coefficient (Wildman–Crippen LogP) is 3.27. The zero-order valence-corrected chi connectivity index (χ0v) is 13.4. The summed E-state index contributed by atoms with van der Waals surface area (Å²) in [6.07, 6.45) is 0.978. The maximum atomic E-state index is 12.1. The molecule has 0 amide bonds. The van der Waals surface area contributed by atoms with Crippen molar-refractivity contribution in [3.63, 3.8) is 0 Å². The quantitative estimate of drug-likeness (QED) is 0.629. The van der Waals surface area contributed by atoms with Crippen molar-refractivity contribution in [2.75, 3.05) is 4.72 Å². The van der Waals surface area contributed by atoms with Crippen LogP contribution in [0.5, 0.6) is 0 Å². The fraction of sp³-hybridized carbons (Fsp3) is 0. The van der Waals surface area contributed by atoms with E-state index < -0.39 is 14.9 Å². The first-order valence-electron chi connectivity index (χ1n) is 4.88. The third-order valence-corrected chi connectivity index (χ3v) is 5.39. The van der Waals surface area contributed by atoms with Gasteiger partial charge in [0.1, 0.15) is 11.1 Å². The van der Waals surface area contributed by atoms with Crippen LogP contribution < -0.4 is 4.72 Å². The van der Waals surface area contributed by atoms with Gasteiger partial charge in [0.05, 0.1) is 9.95 Å². The van der Waals surface area contributed by atoms with Gasteiger partial charge in [-0.15, -0.1) is 0 Å². The van der Waals surface area contributed by atoms with Gasteiger partial charge in [-0.1, -0.05) is 27.5 Å². The van der Waals surface area contributed by atoms with E-state index in [1.54, 1.807) is 0 Å². The number of hydrogen-bond donors (Lipinski definition) is 1. The van der Waals surface area contributed by atoms with Crippen molar-refractivity contribution in [2.45, 2.75) is 4.90 Å². The van der Waals surface area contributed by atoms with Gasteiger partial charge in [-0.25, -0.2) is 13.4 Å². The van der Waals surface area contributed by atoms with Gasteiger partial charge in [0.15, 0.2) is 0 Å². The van der Waals surface area contributed by atoms with Crippen LogP contribution in [-0.2, 0) is 10.0 Å². The lowest BCUT2D eigenvalue weighted by molar-refractivity contribution is -0.380. The minimum Gasteiger partial charge on any atom is -0.257 e. The van der Waals surface area contributed by atoms with Gasteiger partial charge in [-0.2, -0.15) is 0 Å². The van der Waals surface area contributed by atoms with E-state index in [-0.39, 0.29) is 20.1 Å². The highest BCUT2D eigenvalue weighted by atomic mass is 79.9. The summed E-state index contributed by atoms with van der Waals surface area (Å²) in [5.74, 6) is 0. The largest absolute Gasteiger partial charge is 0.345 e. The summed E-state index contributed by atoms with van der Waals surface area (Å²) < 4.78 is 27.0. The summed E-state index contributed by atoms with van der Waals surface area (Å²) in [5, 5.41) is 10.2. The van der Waals surface area contributed by atoms with E-state index in [1.807, 2.05) is 0 Å². The summed E-state index contributed by atoms with van der Waals surface area (Å²) in [4.78, 5) is 13.4. The molecule has 2 aromatic rings. The van der Waals surface area contributed by atoms with Crippen molar-refractivity contribution in [1.29, 1.82) is 0 Å². The monoisotopic (exact) mass is 397 g/mol. The Kier molecular flexibility index (Phi) is 4.28. The molecule has 0 bridgehead atoms. The Morgan fingerprint density at radius 3 is 2.70 bits per heavy atom. The third kappa shape index (κ3) is 3.26. The first-order chi connectivity index (χ1) is 9.29. The number of hydrogen-bond acceptors (Lipinski definition) is 6. The molecule has 1 aromatic carbocycles. The van der Waals surface area contributed by atoms with Crippen molar-refractivity contribution in [1.82, 2.24) is 4.98 Å². The van der Waals surface area contributed by atoms with Crippen LogP contribution in [0.3, 0.4) is 0 Å². The van der Waals surface area contributed by atoms with Crippen molar-refractivity contribution in [3.8, 4) is 0 Å². The molecule has 0 saturated carbocycles. The SMILES string of the molecule is O=[N+]([O-])c1cnc(NS(=O)(=O)c2ccc(Br)cc2Cl)s1. The van der Waals surface area contributed by atoms with E-state index in [0.717, 1.165) is 6.20 Å². The van der Waals surface area contributed by atoms with Gasteiger partial charge in [-0.3, -0.25) is 14.8 Å². The number of halogens is 2. The van der Waals surface area contributed by atoms with Crippen LogP contribution in [0, 0.1) is 10.1 Å². The van der Waals surface area contributed by atoms with E-state index >= 15 is 0 Å². The van der Waals surface area contributed by atoms with Gasteiger partial charge in [0.2, 0.25) is 5.13 Å². The Hall–Kier alpha value is -1.23. The summed E-state index contributed by atoms with van der Waals surface area (Å²) >= 11 is 9.64. The second kappa shape index (κ2) is 5.64. The smallest absolute Gasteiger partial charge is 0.257 e. The van der Waals surface area contributed by atoms with E-state index in [4.69, 9.17) is 11.6 Å². The second-order valence-electron chi connectivity index (χ2n) is 3.44.